The summed E-state index contributed by atoms with van der Waals surface area (Å²) in [6.45, 7) is 1.85. The zero-order valence-electron chi connectivity index (χ0n) is 6.98. The number of aldehydes is 1. The number of aromatic nitrogens is 1. The number of rotatable bonds is 2. The highest BCUT2D eigenvalue weighted by molar-refractivity contribution is 7.12. The predicted octanol–water partition coefficient (Wildman–Crippen LogP) is 2.52. The molecule has 2 heterocycles. The molecule has 2 rings (SSSR count). The van der Waals surface area contributed by atoms with Gasteiger partial charge in [0.1, 0.15) is 6.26 Å². The number of carbonyl (C=O) groups excluding carboxylic acids is 1. The highest BCUT2D eigenvalue weighted by Gasteiger charge is 2.10. The second-order valence-corrected chi connectivity index (χ2v) is 3.56. The quantitative estimate of drug-likeness (QED) is 0.688. The smallest absolute Gasteiger partial charge is 0.227 e. The van der Waals surface area contributed by atoms with Crippen LogP contribution in [-0.2, 0) is 0 Å². The summed E-state index contributed by atoms with van der Waals surface area (Å²) in [5, 5.41) is 1.85. The third-order valence-electron chi connectivity index (χ3n) is 1.65. The van der Waals surface area contributed by atoms with E-state index in [1.54, 1.807) is 6.26 Å². The molecule has 0 unspecified atom stereocenters. The van der Waals surface area contributed by atoms with Crippen molar-refractivity contribution in [3.05, 3.63) is 28.3 Å². The number of hydrogen-bond acceptors (Lipinski definition) is 4. The van der Waals surface area contributed by atoms with Crippen molar-refractivity contribution >= 4 is 17.6 Å². The molecule has 0 aliphatic carbocycles. The average Bonchev–Trinajstić information content (AvgIpc) is 2.71. The number of thiophene rings is 1. The lowest BCUT2D eigenvalue weighted by Crippen LogP contribution is -1.80. The van der Waals surface area contributed by atoms with E-state index < -0.39 is 0 Å². The molecule has 0 aliphatic rings. The Kier molecular flexibility index (Phi) is 1.98. The minimum absolute atomic E-state index is 0.515. The third kappa shape index (κ3) is 1.40. The Morgan fingerprint density at radius 2 is 2.46 bits per heavy atom. The first-order valence-electron chi connectivity index (χ1n) is 3.76. The normalized spacial score (nSPS) is 10.2. The maximum atomic E-state index is 10.6. The Balaban J connectivity index is 2.51. The minimum atomic E-state index is 0.515. The fourth-order valence-electron chi connectivity index (χ4n) is 1.07. The Morgan fingerprint density at radius 3 is 3.08 bits per heavy atom. The summed E-state index contributed by atoms with van der Waals surface area (Å²) in [7, 11) is 0. The van der Waals surface area contributed by atoms with Gasteiger partial charge in [-0.2, -0.15) is 0 Å². The van der Waals surface area contributed by atoms with E-state index in [4.69, 9.17) is 4.42 Å². The summed E-state index contributed by atoms with van der Waals surface area (Å²) < 4.78 is 5.19. The van der Waals surface area contributed by atoms with E-state index >= 15 is 0 Å². The van der Waals surface area contributed by atoms with Crippen LogP contribution in [0.4, 0.5) is 0 Å². The van der Waals surface area contributed by atoms with Gasteiger partial charge in [-0.1, -0.05) is 0 Å². The van der Waals surface area contributed by atoms with E-state index in [0.29, 0.717) is 10.8 Å². The predicted molar refractivity (Wildman–Crippen MR) is 49.9 cm³/mol. The first kappa shape index (κ1) is 8.19. The van der Waals surface area contributed by atoms with Crippen molar-refractivity contribution in [1.82, 2.24) is 4.98 Å². The van der Waals surface area contributed by atoms with Gasteiger partial charge in [0.2, 0.25) is 5.89 Å². The van der Waals surface area contributed by atoms with Crippen molar-refractivity contribution in [3.8, 4) is 11.5 Å². The van der Waals surface area contributed by atoms with Crippen LogP contribution in [-0.4, -0.2) is 11.3 Å². The van der Waals surface area contributed by atoms with E-state index in [1.807, 2.05) is 18.4 Å². The third-order valence-corrected chi connectivity index (χ3v) is 2.49. The van der Waals surface area contributed by atoms with Crippen molar-refractivity contribution in [3.63, 3.8) is 0 Å². The first-order valence-corrected chi connectivity index (χ1v) is 4.64. The number of aryl methyl sites for hydroxylation is 1. The lowest BCUT2D eigenvalue weighted by atomic mass is 10.3. The molecule has 2 aromatic rings. The molecular formula is C9H7NO2S. The van der Waals surface area contributed by atoms with E-state index in [-0.39, 0.29) is 0 Å². The standard InChI is InChI=1S/C9H7NO2S/c1-6-5-12-9(10-6)7-2-3-13-8(7)4-11/h2-5H,1H3. The van der Waals surface area contributed by atoms with Crippen LogP contribution in [0.15, 0.2) is 22.1 Å². The second kappa shape index (κ2) is 3.14. The maximum Gasteiger partial charge on any atom is 0.227 e. The Bertz CT molecular complexity index is 430. The number of hydrogen-bond donors (Lipinski definition) is 0. The second-order valence-electron chi connectivity index (χ2n) is 2.61. The zero-order chi connectivity index (χ0) is 9.26. The van der Waals surface area contributed by atoms with Crippen molar-refractivity contribution in [1.29, 1.82) is 0 Å². The number of carbonyl (C=O) groups is 1. The molecule has 13 heavy (non-hydrogen) atoms. The molecule has 2 aromatic heterocycles. The van der Waals surface area contributed by atoms with Crippen molar-refractivity contribution in [2.75, 3.05) is 0 Å². The molecular weight excluding hydrogens is 186 g/mol. The lowest BCUT2D eigenvalue weighted by Gasteiger charge is -1.89. The largest absolute Gasteiger partial charge is 0.444 e. The molecule has 0 atom stereocenters. The van der Waals surface area contributed by atoms with E-state index in [9.17, 15) is 4.79 Å². The summed E-state index contributed by atoms with van der Waals surface area (Å²) in [5.74, 6) is 0.515. The van der Waals surface area contributed by atoms with Crippen LogP contribution in [0.5, 0.6) is 0 Å². The first-order chi connectivity index (χ1) is 6.31. The van der Waals surface area contributed by atoms with Crippen LogP contribution in [0.1, 0.15) is 15.4 Å². The van der Waals surface area contributed by atoms with Gasteiger partial charge < -0.3 is 4.42 Å². The molecule has 0 bridgehead atoms. The van der Waals surface area contributed by atoms with Crippen LogP contribution in [0.2, 0.25) is 0 Å². The lowest BCUT2D eigenvalue weighted by molar-refractivity contribution is 0.112. The Morgan fingerprint density at radius 1 is 1.62 bits per heavy atom. The molecule has 0 amide bonds. The van der Waals surface area contributed by atoms with Gasteiger partial charge in [-0.05, 0) is 18.4 Å². The molecule has 0 saturated carbocycles. The summed E-state index contributed by atoms with van der Waals surface area (Å²) >= 11 is 1.39. The summed E-state index contributed by atoms with van der Waals surface area (Å²) in [6.07, 6.45) is 2.39. The number of oxazole rings is 1. The zero-order valence-corrected chi connectivity index (χ0v) is 7.80. The van der Waals surface area contributed by atoms with Gasteiger partial charge in [0.15, 0.2) is 6.29 Å². The highest BCUT2D eigenvalue weighted by atomic mass is 32.1. The highest BCUT2D eigenvalue weighted by Crippen LogP contribution is 2.25. The van der Waals surface area contributed by atoms with Crippen molar-refractivity contribution < 1.29 is 9.21 Å². The topological polar surface area (TPSA) is 43.1 Å². The van der Waals surface area contributed by atoms with Crippen LogP contribution < -0.4 is 0 Å². The SMILES string of the molecule is Cc1coc(-c2ccsc2C=O)n1. The van der Waals surface area contributed by atoms with Crippen LogP contribution in [0.3, 0.4) is 0 Å². The minimum Gasteiger partial charge on any atom is -0.444 e. The number of nitrogens with zero attached hydrogens (tertiary/aromatic N) is 1. The van der Waals surface area contributed by atoms with Crippen LogP contribution in [0, 0.1) is 6.92 Å². The van der Waals surface area contributed by atoms with Crippen molar-refractivity contribution in [2.45, 2.75) is 6.92 Å². The van der Waals surface area contributed by atoms with Gasteiger partial charge >= 0.3 is 0 Å². The van der Waals surface area contributed by atoms with Gasteiger partial charge in [-0.25, -0.2) is 4.98 Å². The van der Waals surface area contributed by atoms with Gasteiger partial charge in [0.05, 0.1) is 16.1 Å². The summed E-state index contributed by atoms with van der Waals surface area (Å²) in [4.78, 5) is 15.4. The molecule has 0 fully saturated rings. The molecule has 4 heteroatoms. The maximum absolute atomic E-state index is 10.6. The fourth-order valence-corrected chi connectivity index (χ4v) is 1.76. The molecule has 0 spiro atoms. The monoisotopic (exact) mass is 193 g/mol. The Labute approximate surface area is 79.0 Å². The molecule has 0 radical (unpaired) electrons. The van der Waals surface area contributed by atoms with E-state index in [0.717, 1.165) is 17.5 Å². The molecule has 0 aromatic carbocycles. The van der Waals surface area contributed by atoms with Gasteiger partial charge in [0.25, 0.3) is 0 Å². The van der Waals surface area contributed by atoms with Crippen LogP contribution in [0.25, 0.3) is 11.5 Å². The molecule has 66 valence electrons. The molecule has 0 saturated heterocycles. The summed E-state index contributed by atoms with van der Waals surface area (Å²) in [6, 6.07) is 1.83. The van der Waals surface area contributed by atoms with Crippen LogP contribution >= 0.6 is 11.3 Å². The van der Waals surface area contributed by atoms with Gasteiger partial charge in [0, 0.05) is 0 Å². The molecule has 0 N–H and O–H groups in total. The van der Waals surface area contributed by atoms with Gasteiger partial charge in [-0.15, -0.1) is 11.3 Å². The van der Waals surface area contributed by atoms with E-state index in [1.165, 1.54) is 11.3 Å². The van der Waals surface area contributed by atoms with E-state index in [2.05, 4.69) is 4.98 Å². The van der Waals surface area contributed by atoms with Crippen molar-refractivity contribution in [2.24, 2.45) is 0 Å². The molecule has 3 nitrogen and oxygen atoms in total. The molecule has 0 aliphatic heterocycles. The average molecular weight is 193 g/mol. The fraction of sp³-hybridized carbons (Fsp3) is 0.111. The Hall–Kier alpha value is -1.42. The summed E-state index contributed by atoms with van der Waals surface area (Å²) in [5.41, 5.74) is 1.59. The van der Waals surface area contributed by atoms with Gasteiger partial charge in [-0.3, -0.25) is 4.79 Å².